The molecule has 2 aliphatic rings. The minimum absolute atomic E-state index is 0.0390. The quantitative estimate of drug-likeness (QED) is 0.478. The molecular weight excluding hydrogens is 457 g/mol. The number of carbonyl (C=O) groups is 2. The van der Waals surface area contributed by atoms with E-state index in [-0.39, 0.29) is 35.6 Å². The minimum Gasteiger partial charge on any atom is -0.481 e. The van der Waals surface area contributed by atoms with E-state index in [1.807, 2.05) is 36.4 Å². The molecule has 6 heteroatoms. The first kappa shape index (κ1) is 24.1. The van der Waals surface area contributed by atoms with Gasteiger partial charge in [-0.3, -0.25) is 9.59 Å². The summed E-state index contributed by atoms with van der Waals surface area (Å²) in [6.07, 6.45) is 3.71. The summed E-state index contributed by atoms with van der Waals surface area (Å²) in [7, 11) is 0. The van der Waals surface area contributed by atoms with Crippen molar-refractivity contribution in [2.45, 2.75) is 63.8 Å². The summed E-state index contributed by atoms with van der Waals surface area (Å²) < 4.78 is 0. The number of amides is 1. The van der Waals surface area contributed by atoms with Crippen LogP contribution in [0.2, 0.25) is 10.0 Å². The number of rotatable bonds is 6. The zero-order chi connectivity index (χ0) is 23.8. The van der Waals surface area contributed by atoms with Gasteiger partial charge in [-0.2, -0.15) is 0 Å². The van der Waals surface area contributed by atoms with E-state index in [1.54, 1.807) is 0 Å². The van der Waals surface area contributed by atoms with E-state index in [4.69, 9.17) is 23.2 Å². The Morgan fingerprint density at radius 1 is 1.15 bits per heavy atom. The van der Waals surface area contributed by atoms with E-state index in [1.165, 1.54) is 0 Å². The Labute approximate surface area is 205 Å². The van der Waals surface area contributed by atoms with E-state index in [0.29, 0.717) is 22.4 Å². The summed E-state index contributed by atoms with van der Waals surface area (Å²) in [4.78, 5) is 24.6. The number of piperidine rings is 1. The average Bonchev–Trinajstić information content (AvgIpc) is 3.10. The monoisotopic (exact) mass is 487 g/mol. The molecule has 2 fully saturated rings. The third-order valence-electron chi connectivity index (χ3n) is 7.76. The van der Waals surface area contributed by atoms with Crippen molar-refractivity contribution in [1.29, 1.82) is 0 Å². The molecule has 4 rings (SSSR count). The van der Waals surface area contributed by atoms with Gasteiger partial charge in [-0.1, -0.05) is 67.7 Å². The summed E-state index contributed by atoms with van der Waals surface area (Å²) >= 11 is 12.6. The number of nitrogens with one attached hydrogen (secondary N) is 1. The Kier molecular flexibility index (Phi) is 7.07. The Balaban J connectivity index is 1.80. The Morgan fingerprint density at radius 3 is 2.48 bits per heavy atom. The molecule has 1 heterocycles. The third-order valence-corrected chi connectivity index (χ3v) is 8.25. The van der Waals surface area contributed by atoms with Gasteiger partial charge in [0.2, 0.25) is 5.91 Å². The largest absolute Gasteiger partial charge is 0.481 e. The molecule has 1 amide bonds. The molecule has 2 N–H and O–H groups in total. The highest BCUT2D eigenvalue weighted by Gasteiger charge is 2.48. The van der Waals surface area contributed by atoms with Crippen molar-refractivity contribution in [2.75, 3.05) is 0 Å². The van der Waals surface area contributed by atoms with Crippen molar-refractivity contribution in [1.82, 2.24) is 5.32 Å². The van der Waals surface area contributed by atoms with Crippen molar-refractivity contribution in [3.05, 3.63) is 69.7 Å². The molecule has 1 saturated heterocycles. The van der Waals surface area contributed by atoms with Crippen molar-refractivity contribution in [2.24, 2.45) is 17.3 Å². The highest BCUT2D eigenvalue weighted by atomic mass is 35.5. The second-order valence-corrected chi connectivity index (χ2v) is 11.2. The zero-order valence-electron chi connectivity index (χ0n) is 19.1. The van der Waals surface area contributed by atoms with Gasteiger partial charge in [-0.25, -0.2) is 0 Å². The van der Waals surface area contributed by atoms with E-state index in [2.05, 4.69) is 31.3 Å². The first-order valence-electron chi connectivity index (χ1n) is 11.7. The van der Waals surface area contributed by atoms with Gasteiger partial charge in [0.25, 0.3) is 0 Å². The lowest BCUT2D eigenvalue weighted by Gasteiger charge is -2.46. The van der Waals surface area contributed by atoms with Gasteiger partial charge in [-0.15, -0.1) is 0 Å². The maximum atomic E-state index is 13.1. The fourth-order valence-corrected chi connectivity index (χ4v) is 6.47. The van der Waals surface area contributed by atoms with Crippen molar-refractivity contribution in [3.8, 4) is 0 Å². The van der Waals surface area contributed by atoms with E-state index < -0.39 is 11.9 Å². The van der Waals surface area contributed by atoms with Gasteiger partial charge >= 0.3 is 5.97 Å². The van der Waals surface area contributed by atoms with Crippen molar-refractivity contribution < 1.29 is 14.7 Å². The first-order chi connectivity index (χ1) is 15.7. The summed E-state index contributed by atoms with van der Waals surface area (Å²) in [5, 5.41) is 14.0. The van der Waals surface area contributed by atoms with Crippen LogP contribution in [0.1, 0.15) is 68.9 Å². The van der Waals surface area contributed by atoms with Crippen LogP contribution in [0.4, 0.5) is 0 Å². The molecule has 1 saturated carbocycles. The van der Waals surface area contributed by atoms with Crippen molar-refractivity contribution in [3.63, 3.8) is 0 Å². The molecule has 0 aromatic heterocycles. The number of carboxylic acid groups (broad SMARTS) is 1. The van der Waals surface area contributed by atoms with Crippen LogP contribution in [0.15, 0.2) is 48.5 Å². The second kappa shape index (κ2) is 9.68. The molecule has 0 radical (unpaired) electrons. The molecule has 5 atom stereocenters. The van der Waals surface area contributed by atoms with Crippen LogP contribution in [0, 0.1) is 17.3 Å². The van der Waals surface area contributed by atoms with E-state index in [0.717, 1.165) is 30.4 Å². The lowest BCUT2D eigenvalue weighted by molar-refractivity contribution is -0.142. The molecular formula is C27H31Cl2NO3. The van der Waals surface area contributed by atoms with E-state index in [9.17, 15) is 14.7 Å². The minimum atomic E-state index is -0.954. The SMILES string of the molecule is CC1(C)CCCC1C(c1ccc(Cl)cc1)[C@H]1NC(=O)[C@@H](CC(=O)O)C[C@@H]1c1cccc(Cl)c1. The van der Waals surface area contributed by atoms with Crippen LogP contribution in [-0.4, -0.2) is 23.0 Å². The number of hydrogen-bond donors (Lipinski definition) is 2. The topological polar surface area (TPSA) is 66.4 Å². The van der Waals surface area contributed by atoms with Crippen LogP contribution >= 0.6 is 23.2 Å². The smallest absolute Gasteiger partial charge is 0.304 e. The van der Waals surface area contributed by atoms with Crippen LogP contribution in [0.25, 0.3) is 0 Å². The maximum absolute atomic E-state index is 13.1. The fourth-order valence-electron chi connectivity index (χ4n) is 6.14. The lowest BCUT2D eigenvalue weighted by atomic mass is 9.64. The Hall–Kier alpha value is -2.04. The van der Waals surface area contributed by atoms with Crippen molar-refractivity contribution >= 4 is 35.1 Å². The molecule has 0 spiro atoms. The van der Waals surface area contributed by atoms with Crippen LogP contribution in [0.5, 0.6) is 0 Å². The standard InChI is InChI=1S/C27H31Cl2NO3/c1-27(2)12-4-7-22(27)24(16-8-10-19(28)11-9-16)25-21(17-5-3-6-20(29)13-17)14-18(15-23(31)32)26(33)30-25/h3,5-6,8-11,13,18,21-22,24-25H,4,7,12,14-15H2,1-2H3,(H,30,33)(H,31,32)/t18-,21-,22?,24?,25+/m1/s1. The normalized spacial score (nSPS) is 27.7. The fraction of sp³-hybridized carbons (Fsp3) is 0.481. The molecule has 0 bridgehead atoms. The van der Waals surface area contributed by atoms with Crippen LogP contribution in [-0.2, 0) is 9.59 Å². The summed E-state index contributed by atoms with van der Waals surface area (Å²) in [5.41, 5.74) is 2.33. The zero-order valence-corrected chi connectivity index (χ0v) is 20.6. The average molecular weight is 488 g/mol. The molecule has 2 aromatic rings. The van der Waals surface area contributed by atoms with Gasteiger partial charge in [0.1, 0.15) is 0 Å². The molecule has 1 aliphatic carbocycles. The molecule has 33 heavy (non-hydrogen) atoms. The predicted molar refractivity (Wildman–Crippen MR) is 132 cm³/mol. The molecule has 2 aromatic carbocycles. The number of carboxylic acids is 1. The van der Waals surface area contributed by atoms with Gasteiger partial charge in [0, 0.05) is 33.8 Å². The van der Waals surface area contributed by atoms with Gasteiger partial charge in [0.05, 0.1) is 6.42 Å². The summed E-state index contributed by atoms with van der Waals surface area (Å²) in [6.45, 7) is 4.64. The summed E-state index contributed by atoms with van der Waals surface area (Å²) in [5.74, 6) is -1.27. The highest BCUT2D eigenvalue weighted by molar-refractivity contribution is 6.30. The third kappa shape index (κ3) is 5.22. The summed E-state index contributed by atoms with van der Waals surface area (Å²) in [6, 6.07) is 15.6. The van der Waals surface area contributed by atoms with Crippen LogP contribution < -0.4 is 5.32 Å². The van der Waals surface area contributed by atoms with Crippen LogP contribution in [0.3, 0.4) is 0 Å². The second-order valence-electron chi connectivity index (χ2n) is 10.3. The lowest BCUT2D eigenvalue weighted by Crippen LogP contribution is -2.53. The predicted octanol–water partition coefficient (Wildman–Crippen LogP) is 6.67. The molecule has 4 nitrogen and oxygen atoms in total. The maximum Gasteiger partial charge on any atom is 0.304 e. The van der Waals surface area contributed by atoms with Gasteiger partial charge in [0.15, 0.2) is 0 Å². The van der Waals surface area contributed by atoms with Gasteiger partial charge < -0.3 is 10.4 Å². The number of hydrogen-bond acceptors (Lipinski definition) is 2. The molecule has 2 unspecified atom stereocenters. The Morgan fingerprint density at radius 2 is 1.88 bits per heavy atom. The number of benzene rings is 2. The number of carbonyl (C=O) groups excluding carboxylic acids is 1. The molecule has 176 valence electrons. The number of aliphatic carboxylic acids is 1. The molecule has 1 aliphatic heterocycles. The van der Waals surface area contributed by atoms with E-state index >= 15 is 0 Å². The first-order valence-corrected chi connectivity index (χ1v) is 12.4. The highest BCUT2D eigenvalue weighted by Crippen LogP contribution is 2.53. The number of halogens is 2. The van der Waals surface area contributed by atoms with Gasteiger partial charge in [-0.05, 0) is 66.0 Å². The Bertz CT molecular complexity index is 1020.